The van der Waals surface area contributed by atoms with E-state index in [9.17, 15) is 18.0 Å². The largest absolute Gasteiger partial charge is 0.456 e. The number of ether oxygens (including phenoxy) is 1. The molecule has 0 saturated heterocycles. The van der Waals surface area contributed by atoms with E-state index in [0.29, 0.717) is 30.2 Å². The Labute approximate surface area is 193 Å². The van der Waals surface area contributed by atoms with E-state index in [1.807, 2.05) is 24.3 Å². The van der Waals surface area contributed by atoms with Crippen LogP contribution in [-0.2, 0) is 34.3 Å². The average Bonchev–Trinajstić information content (AvgIpc) is 3.32. The third-order valence-electron chi connectivity index (χ3n) is 5.51. The molecule has 2 aromatic heterocycles. The number of aromatic nitrogens is 2. The fourth-order valence-corrected chi connectivity index (χ4v) is 6.00. The molecule has 0 unspecified atom stereocenters. The summed E-state index contributed by atoms with van der Waals surface area (Å²) in [5.41, 5.74) is 2.31. The molecule has 10 heteroatoms. The second-order valence-corrected chi connectivity index (χ2v) is 10.4. The molecular formula is C23H19N3O5S2. The summed E-state index contributed by atoms with van der Waals surface area (Å²) in [5, 5.41) is 1.74. The zero-order valence-corrected chi connectivity index (χ0v) is 19.0. The molecule has 0 amide bonds. The van der Waals surface area contributed by atoms with Gasteiger partial charge in [-0.25, -0.2) is 18.2 Å². The molecule has 0 bridgehead atoms. The summed E-state index contributed by atoms with van der Waals surface area (Å²) < 4.78 is 34.6. The number of hydrogen-bond acceptors (Lipinski definition) is 7. The zero-order valence-electron chi connectivity index (χ0n) is 17.4. The van der Waals surface area contributed by atoms with Crippen LogP contribution in [0.4, 0.5) is 0 Å². The number of benzene rings is 2. The first-order chi connectivity index (χ1) is 15.9. The Morgan fingerprint density at radius 3 is 2.76 bits per heavy atom. The van der Waals surface area contributed by atoms with Gasteiger partial charge in [-0.1, -0.05) is 30.3 Å². The van der Waals surface area contributed by atoms with E-state index in [0.717, 1.165) is 11.1 Å². The Balaban J connectivity index is 1.33. The molecule has 5 rings (SSSR count). The summed E-state index contributed by atoms with van der Waals surface area (Å²) in [6.07, 6.45) is 2.26. The lowest BCUT2D eigenvalue weighted by Gasteiger charge is -2.28. The van der Waals surface area contributed by atoms with Gasteiger partial charge < -0.3 is 4.74 Å². The number of nitrogens with zero attached hydrogens (tertiary/aromatic N) is 3. The van der Waals surface area contributed by atoms with Crippen LogP contribution in [0.5, 0.6) is 0 Å². The highest BCUT2D eigenvalue weighted by molar-refractivity contribution is 7.89. The van der Waals surface area contributed by atoms with Crippen molar-refractivity contribution in [2.45, 2.75) is 24.5 Å². The molecule has 0 saturated carbocycles. The van der Waals surface area contributed by atoms with Crippen molar-refractivity contribution in [1.29, 1.82) is 0 Å². The first kappa shape index (κ1) is 21.5. The Morgan fingerprint density at radius 1 is 1.09 bits per heavy atom. The SMILES string of the molecule is O=C(OCc1cc(=O)n2ccsc2n1)c1cccc(S(=O)(=O)N2CCc3ccccc3C2)c1. The molecule has 168 valence electrons. The minimum atomic E-state index is -3.78. The van der Waals surface area contributed by atoms with Crippen LogP contribution >= 0.6 is 11.3 Å². The Kier molecular flexibility index (Phi) is 5.57. The predicted octanol–water partition coefficient (Wildman–Crippen LogP) is 2.86. The third kappa shape index (κ3) is 4.20. The lowest BCUT2D eigenvalue weighted by atomic mass is 10.0. The average molecular weight is 482 g/mol. The standard InChI is InChI=1S/C23H19N3O5S2/c27-21-13-19(24-23-26(21)10-11-32-23)15-31-22(28)17-6-3-7-20(12-17)33(29,30)25-9-8-16-4-1-2-5-18(16)14-25/h1-7,10-13H,8-9,14-15H2. The molecule has 3 heterocycles. The number of hydrogen-bond donors (Lipinski definition) is 0. The van der Waals surface area contributed by atoms with Crippen molar-refractivity contribution >= 4 is 32.3 Å². The van der Waals surface area contributed by atoms with Crippen LogP contribution in [0.25, 0.3) is 4.96 Å². The Bertz CT molecular complexity index is 1520. The molecular weight excluding hydrogens is 462 g/mol. The van der Waals surface area contributed by atoms with E-state index in [1.54, 1.807) is 11.6 Å². The van der Waals surface area contributed by atoms with Crippen molar-refractivity contribution in [1.82, 2.24) is 13.7 Å². The van der Waals surface area contributed by atoms with Crippen LogP contribution in [0.1, 0.15) is 27.2 Å². The van der Waals surface area contributed by atoms with Crippen LogP contribution in [-0.4, -0.2) is 34.6 Å². The smallest absolute Gasteiger partial charge is 0.338 e. The van der Waals surface area contributed by atoms with E-state index in [2.05, 4.69) is 4.98 Å². The number of carbonyl (C=O) groups excluding carboxylic acids is 1. The fourth-order valence-electron chi connectivity index (χ4n) is 3.79. The van der Waals surface area contributed by atoms with Crippen molar-refractivity contribution < 1.29 is 17.9 Å². The summed E-state index contributed by atoms with van der Waals surface area (Å²) >= 11 is 1.30. The molecule has 0 radical (unpaired) electrons. The van der Waals surface area contributed by atoms with Gasteiger partial charge >= 0.3 is 5.97 Å². The highest BCUT2D eigenvalue weighted by atomic mass is 32.2. The minimum absolute atomic E-state index is 0.0349. The van der Waals surface area contributed by atoms with Gasteiger partial charge in [0.25, 0.3) is 5.56 Å². The summed E-state index contributed by atoms with van der Waals surface area (Å²) in [6.45, 7) is 0.475. The maximum absolute atomic E-state index is 13.2. The number of thiazole rings is 1. The fraction of sp³-hybridized carbons (Fsp3) is 0.174. The normalized spacial score (nSPS) is 14.2. The van der Waals surface area contributed by atoms with Crippen LogP contribution in [0.3, 0.4) is 0 Å². The van der Waals surface area contributed by atoms with E-state index in [1.165, 1.54) is 50.4 Å². The maximum Gasteiger partial charge on any atom is 0.338 e. The summed E-state index contributed by atoms with van der Waals surface area (Å²) in [5.74, 6) is -0.691. The van der Waals surface area contributed by atoms with Crippen molar-refractivity contribution in [2.75, 3.05) is 6.54 Å². The van der Waals surface area contributed by atoms with Crippen LogP contribution in [0.2, 0.25) is 0 Å². The summed E-state index contributed by atoms with van der Waals surface area (Å²) in [6, 6.07) is 14.9. The first-order valence-corrected chi connectivity index (χ1v) is 12.5. The van der Waals surface area contributed by atoms with Gasteiger partial charge in [-0.2, -0.15) is 4.31 Å². The van der Waals surface area contributed by atoms with E-state index >= 15 is 0 Å². The lowest BCUT2D eigenvalue weighted by Crippen LogP contribution is -2.36. The molecule has 1 aliphatic rings. The Morgan fingerprint density at radius 2 is 1.91 bits per heavy atom. The van der Waals surface area contributed by atoms with Crippen LogP contribution in [0.15, 0.2) is 75.9 Å². The summed E-state index contributed by atoms with van der Waals surface area (Å²) in [7, 11) is -3.78. The number of carbonyl (C=O) groups is 1. The second-order valence-electron chi connectivity index (χ2n) is 7.60. The number of sulfonamides is 1. The highest BCUT2D eigenvalue weighted by Gasteiger charge is 2.28. The topological polar surface area (TPSA) is 98.0 Å². The minimum Gasteiger partial charge on any atom is -0.456 e. The molecule has 4 aromatic rings. The van der Waals surface area contributed by atoms with E-state index < -0.39 is 16.0 Å². The van der Waals surface area contributed by atoms with Gasteiger partial charge in [0.1, 0.15) is 6.61 Å². The predicted molar refractivity (Wildman–Crippen MR) is 123 cm³/mol. The molecule has 33 heavy (non-hydrogen) atoms. The molecule has 0 aliphatic carbocycles. The van der Waals surface area contributed by atoms with Crippen molar-refractivity contribution in [3.8, 4) is 0 Å². The van der Waals surface area contributed by atoms with Gasteiger partial charge in [0, 0.05) is 30.7 Å². The molecule has 0 N–H and O–H groups in total. The van der Waals surface area contributed by atoms with E-state index in [4.69, 9.17) is 4.74 Å². The molecule has 0 spiro atoms. The van der Waals surface area contributed by atoms with Gasteiger partial charge in [0.2, 0.25) is 10.0 Å². The molecule has 0 atom stereocenters. The monoisotopic (exact) mass is 481 g/mol. The Hall–Kier alpha value is -3.34. The van der Waals surface area contributed by atoms with Gasteiger partial charge in [0.05, 0.1) is 16.2 Å². The van der Waals surface area contributed by atoms with Gasteiger partial charge in [-0.3, -0.25) is 9.20 Å². The molecule has 2 aromatic carbocycles. The van der Waals surface area contributed by atoms with Crippen molar-refractivity contribution in [2.24, 2.45) is 0 Å². The number of rotatable bonds is 5. The number of esters is 1. The van der Waals surface area contributed by atoms with Crippen molar-refractivity contribution in [3.63, 3.8) is 0 Å². The van der Waals surface area contributed by atoms with Gasteiger partial charge in [0.15, 0.2) is 4.96 Å². The quantitative estimate of drug-likeness (QED) is 0.407. The lowest BCUT2D eigenvalue weighted by molar-refractivity contribution is 0.0467. The highest BCUT2D eigenvalue weighted by Crippen LogP contribution is 2.25. The van der Waals surface area contributed by atoms with E-state index in [-0.39, 0.29) is 22.6 Å². The van der Waals surface area contributed by atoms with Crippen molar-refractivity contribution in [3.05, 3.63) is 98.9 Å². The maximum atomic E-state index is 13.2. The van der Waals surface area contributed by atoms with Crippen LogP contribution < -0.4 is 5.56 Å². The molecule has 1 aliphatic heterocycles. The van der Waals surface area contributed by atoms with Gasteiger partial charge in [-0.15, -0.1) is 11.3 Å². The number of fused-ring (bicyclic) bond motifs is 2. The molecule has 0 fully saturated rings. The summed E-state index contributed by atoms with van der Waals surface area (Å²) in [4.78, 5) is 29.5. The molecule has 8 nitrogen and oxygen atoms in total. The third-order valence-corrected chi connectivity index (χ3v) is 8.11. The zero-order chi connectivity index (χ0) is 23.0. The second kappa shape index (κ2) is 8.54. The van der Waals surface area contributed by atoms with Crippen LogP contribution in [0, 0.1) is 0 Å². The first-order valence-electron chi connectivity index (χ1n) is 10.2. The van der Waals surface area contributed by atoms with Gasteiger partial charge in [-0.05, 0) is 35.7 Å².